The maximum Gasteiger partial charge on any atom is 0.411 e. The molecule has 6 heteroatoms. The lowest BCUT2D eigenvalue weighted by molar-refractivity contribution is -0.282. The molecule has 0 radical (unpaired) electrons. The third-order valence-corrected chi connectivity index (χ3v) is 4.33. The largest absolute Gasteiger partial charge is 0.444 e. The van der Waals surface area contributed by atoms with E-state index in [-0.39, 0.29) is 6.61 Å². The zero-order valence-electron chi connectivity index (χ0n) is 15.9. The summed E-state index contributed by atoms with van der Waals surface area (Å²) in [6.45, 7) is 6.00. The van der Waals surface area contributed by atoms with Crippen LogP contribution in [0.25, 0.3) is 10.8 Å². The van der Waals surface area contributed by atoms with Crippen molar-refractivity contribution in [2.24, 2.45) is 0 Å². The molecule has 1 aliphatic rings. The van der Waals surface area contributed by atoms with Crippen LogP contribution in [0.3, 0.4) is 0 Å². The lowest BCUT2D eigenvalue weighted by Crippen LogP contribution is -2.44. The van der Waals surface area contributed by atoms with Gasteiger partial charge in [-0.2, -0.15) is 4.89 Å². The molecule has 1 fully saturated rings. The molecule has 0 saturated carbocycles. The van der Waals surface area contributed by atoms with Crippen molar-refractivity contribution in [3.63, 3.8) is 0 Å². The number of carbonyl (C=O) groups is 2. The second-order valence-corrected chi connectivity index (χ2v) is 7.68. The summed E-state index contributed by atoms with van der Waals surface area (Å²) in [5.74, 6) is -0.570. The van der Waals surface area contributed by atoms with E-state index in [4.69, 9.17) is 14.5 Å². The van der Waals surface area contributed by atoms with Crippen molar-refractivity contribution in [1.29, 1.82) is 0 Å². The Balaban J connectivity index is 1.54. The molecule has 144 valence electrons. The summed E-state index contributed by atoms with van der Waals surface area (Å²) in [6.07, 6.45) is 0.762. The second kappa shape index (κ2) is 7.96. The van der Waals surface area contributed by atoms with Gasteiger partial charge in [-0.05, 0) is 56.0 Å². The van der Waals surface area contributed by atoms with Gasteiger partial charge in [-0.25, -0.2) is 9.59 Å². The van der Waals surface area contributed by atoms with Gasteiger partial charge in [0.15, 0.2) is 0 Å². The van der Waals surface area contributed by atoms with Gasteiger partial charge in [-0.1, -0.05) is 36.4 Å². The Morgan fingerprint density at radius 3 is 2.59 bits per heavy atom. The van der Waals surface area contributed by atoms with Crippen molar-refractivity contribution in [3.8, 4) is 0 Å². The van der Waals surface area contributed by atoms with Gasteiger partial charge in [0.1, 0.15) is 18.2 Å². The van der Waals surface area contributed by atoms with Crippen LogP contribution >= 0.6 is 0 Å². The first kappa shape index (κ1) is 19.2. The second-order valence-electron chi connectivity index (χ2n) is 7.68. The van der Waals surface area contributed by atoms with Gasteiger partial charge < -0.3 is 4.74 Å². The SMILES string of the molecule is CC(C)(C)OC(=O)N1CCCC1C(=O)OOCc1ccc2ccccc2c1. The molecule has 3 rings (SSSR count). The molecule has 1 aliphatic heterocycles. The van der Waals surface area contributed by atoms with Gasteiger partial charge in [-0.3, -0.25) is 9.79 Å². The van der Waals surface area contributed by atoms with Crippen LogP contribution in [0.2, 0.25) is 0 Å². The Kier molecular flexibility index (Phi) is 5.65. The Hall–Kier alpha value is -2.60. The Bertz CT molecular complexity index is 827. The predicted molar refractivity (Wildman–Crippen MR) is 101 cm³/mol. The van der Waals surface area contributed by atoms with Crippen molar-refractivity contribution >= 4 is 22.8 Å². The first-order valence-corrected chi connectivity index (χ1v) is 9.14. The van der Waals surface area contributed by atoms with Crippen molar-refractivity contribution in [2.45, 2.75) is 51.9 Å². The standard InChI is InChI=1S/C21H25NO5/c1-21(2,3)26-20(24)22-12-6-9-18(22)19(23)27-25-14-15-10-11-16-7-4-5-8-17(16)13-15/h4-5,7-8,10-11,13,18H,6,9,12,14H2,1-3H3. The monoisotopic (exact) mass is 371 g/mol. The molecule has 2 aromatic rings. The topological polar surface area (TPSA) is 65.1 Å². The number of nitrogens with zero attached hydrogens (tertiary/aromatic N) is 1. The van der Waals surface area contributed by atoms with Crippen molar-refractivity contribution in [1.82, 2.24) is 4.90 Å². The van der Waals surface area contributed by atoms with Gasteiger partial charge in [0.05, 0.1) is 0 Å². The lowest BCUT2D eigenvalue weighted by Gasteiger charge is -2.27. The van der Waals surface area contributed by atoms with E-state index < -0.39 is 23.7 Å². The van der Waals surface area contributed by atoms with E-state index in [0.717, 1.165) is 22.8 Å². The number of ether oxygens (including phenoxy) is 1. The van der Waals surface area contributed by atoms with Gasteiger partial charge in [0.2, 0.25) is 0 Å². The summed E-state index contributed by atoms with van der Waals surface area (Å²) >= 11 is 0. The normalized spacial score (nSPS) is 17.1. The maximum atomic E-state index is 12.3. The summed E-state index contributed by atoms with van der Waals surface area (Å²) < 4.78 is 5.36. The number of benzene rings is 2. The maximum absolute atomic E-state index is 12.3. The minimum Gasteiger partial charge on any atom is -0.444 e. The molecule has 0 aliphatic carbocycles. The highest BCUT2D eigenvalue weighted by Crippen LogP contribution is 2.22. The molecular weight excluding hydrogens is 346 g/mol. The fourth-order valence-electron chi connectivity index (χ4n) is 3.09. The number of hydrogen-bond acceptors (Lipinski definition) is 5. The fourth-order valence-corrected chi connectivity index (χ4v) is 3.09. The number of hydrogen-bond donors (Lipinski definition) is 0. The van der Waals surface area contributed by atoms with E-state index in [1.165, 1.54) is 4.90 Å². The molecule has 2 aromatic carbocycles. The van der Waals surface area contributed by atoms with Crippen LogP contribution in [0.4, 0.5) is 4.79 Å². The number of fused-ring (bicyclic) bond motifs is 1. The molecule has 1 amide bonds. The zero-order valence-corrected chi connectivity index (χ0v) is 15.9. The summed E-state index contributed by atoms with van der Waals surface area (Å²) in [7, 11) is 0. The Morgan fingerprint density at radius 2 is 1.85 bits per heavy atom. The molecular formula is C21H25NO5. The van der Waals surface area contributed by atoms with Crippen LogP contribution in [0.5, 0.6) is 0 Å². The summed E-state index contributed by atoms with van der Waals surface area (Å²) in [5.41, 5.74) is 0.290. The summed E-state index contributed by atoms with van der Waals surface area (Å²) in [5, 5.41) is 2.23. The van der Waals surface area contributed by atoms with Crippen molar-refractivity contribution in [2.75, 3.05) is 6.54 Å². The van der Waals surface area contributed by atoms with Gasteiger partial charge in [-0.15, -0.1) is 0 Å². The molecule has 1 heterocycles. The van der Waals surface area contributed by atoms with E-state index in [1.54, 1.807) is 20.8 Å². The third-order valence-electron chi connectivity index (χ3n) is 4.33. The van der Waals surface area contributed by atoms with Crippen molar-refractivity contribution < 1.29 is 24.1 Å². The Labute approximate surface area is 158 Å². The minimum absolute atomic E-state index is 0.149. The minimum atomic E-state index is -0.670. The van der Waals surface area contributed by atoms with Crippen LogP contribution in [-0.2, 0) is 25.9 Å². The number of likely N-dealkylation sites (tertiary alicyclic amines) is 1. The smallest absolute Gasteiger partial charge is 0.411 e. The van der Waals surface area contributed by atoms with E-state index >= 15 is 0 Å². The van der Waals surface area contributed by atoms with Gasteiger partial charge >= 0.3 is 12.1 Å². The van der Waals surface area contributed by atoms with Crippen LogP contribution in [0, 0.1) is 0 Å². The average molecular weight is 371 g/mol. The highest BCUT2D eigenvalue weighted by molar-refractivity contribution is 5.83. The molecule has 0 N–H and O–H groups in total. The van der Waals surface area contributed by atoms with Crippen molar-refractivity contribution in [3.05, 3.63) is 48.0 Å². The number of carbonyl (C=O) groups excluding carboxylic acids is 2. The van der Waals surface area contributed by atoms with Crippen LogP contribution in [0.15, 0.2) is 42.5 Å². The van der Waals surface area contributed by atoms with E-state index in [9.17, 15) is 9.59 Å². The summed E-state index contributed by atoms with van der Waals surface area (Å²) in [6, 6.07) is 13.3. The highest BCUT2D eigenvalue weighted by atomic mass is 17.2. The quantitative estimate of drug-likeness (QED) is 0.595. The Morgan fingerprint density at radius 1 is 1.11 bits per heavy atom. The molecule has 0 aromatic heterocycles. The molecule has 6 nitrogen and oxygen atoms in total. The predicted octanol–water partition coefficient (Wildman–Crippen LogP) is 4.21. The van der Waals surface area contributed by atoms with Gasteiger partial charge in [0, 0.05) is 6.54 Å². The number of amides is 1. The molecule has 0 spiro atoms. The van der Waals surface area contributed by atoms with Gasteiger partial charge in [0.25, 0.3) is 0 Å². The molecule has 27 heavy (non-hydrogen) atoms. The fraction of sp³-hybridized carbons (Fsp3) is 0.429. The first-order chi connectivity index (χ1) is 12.8. The summed E-state index contributed by atoms with van der Waals surface area (Å²) in [4.78, 5) is 36.1. The van der Waals surface area contributed by atoms with E-state index in [0.29, 0.717) is 13.0 Å². The van der Waals surface area contributed by atoms with E-state index in [2.05, 4.69) is 0 Å². The third kappa shape index (κ3) is 4.98. The lowest BCUT2D eigenvalue weighted by atomic mass is 10.1. The first-order valence-electron chi connectivity index (χ1n) is 9.14. The van der Waals surface area contributed by atoms with Crippen LogP contribution in [0.1, 0.15) is 39.2 Å². The molecule has 1 saturated heterocycles. The highest BCUT2D eigenvalue weighted by Gasteiger charge is 2.38. The molecule has 1 unspecified atom stereocenters. The van der Waals surface area contributed by atoms with E-state index in [1.807, 2.05) is 42.5 Å². The van der Waals surface area contributed by atoms with Crippen LogP contribution < -0.4 is 0 Å². The molecule has 0 bridgehead atoms. The van der Waals surface area contributed by atoms with Crippen LogP contribution in [-0.4, -0.2) is 35.2 Å². The average Bonchev–Trinajstić information content (AvgIpc) is 3.10. The zero-order chi connectivity index (χ0) is 19.4. The number of rotatable bonds is 4. The molecule has 1 atom stereocenters.